The van der Waals surface area contributed by atoms with E-state index < -0.39 is 23.8 Å². The van der Waals surface area contributed by atoms with Gasteiger partial charge in [0.2, 0.25) is 0 Å². The molecule has 33 heavy (non-hydrogen) atoms. The number of Topliss-reactive ketones (excluding diaryl/α,β-unsaturated/α-hetero) is 1. The van der Waals surface area contributed by atoms with Crippen molar-refractivity contribution in [2.45, 2.75) is 65.9 Å². The number of methoxy groups -OCH3 is 1. The number of benzene rings is 1. The highest BCUT2D eigenvalue weighted by molar-refractivity contribution is 5.99. The summed E-state index contributed by atoms with van der Waals surface area (Å²) in [5.41, 5.74) is 1.64. The number of aromatic hydroxyl groups is 1. The van der Waals surface area contributed by atoms with Crippen molar-refractivity contribution >= 4 is 11.8 Å². The lowest BCUT2D eigenvalue weighted by Gasteiger charge is -2.32. The quantitative estimate of drug-likeness (QED) is 0.348. The molecule has 0 spiro atoms. The van der Waals surface area contributed by atoms with Gasteiger partial charge in [-0.15, -0.1) is 0 Å². The molecule has 0 radical (unpaired) electrons. The molecule has 2 rings (SSSR count). The number of aryl methyl sites for hydroxylation is 1. The van der Waals surface area contributed by atoms with E-state index in [2.05, 4.69) is 18.8 Å². The van der Waals surface area contributed by atoms with Crippen LogP contribution in [0.4, 0.5) is 4.39 Å². The minimum atomic E-state index is -0.732. The number of nitrogens with zero attached hydrogens (tertiary/aromatic N) is 1. The van der Waals surface area contributed by atoms with E-state index in [9.17, 15) is 19.1 Å². The predicted molar refractivity (Wildman–Crippen MR) is 124 cm³/mol. The molecule has 0 aliphatic rings. The van der Waals surface area contributed by atoms with Crippen molar-refractivity contribution in [3.63, 3.8) is 0 Å². The Labute approximate surface area is 195 Å². The maximum atomic E-state index is 13.7. The van der Waals surface area contributed by atoms with Gasteiger partial charge in [-0.3, -0.25) is 9.59 Å². The third-order valence-electron chi connectivity index (χ3n) is 6.22. The Morgan fingerprint density at radius 1 is 1.15 bits per heavy atom. The third-order valence-corrected chi connectivity index (χ3v) is 6.22. The minimum Gasteiger partial charge on any atom is -0.503 e. The largest absolute Gasteiger partial charge is 0.503 e. The fraction of sp³-hybridized carbons (Fsp3) is 0.500. The first-order valence-electron chi connectivity index (χ1n) is 11.4. The Morgan fingerprint density at radius 2 is 1.82 bits per heavy atom. The van der Waals surface area contributed by atoms with E-state index in [1.807, 2.05) is 13.8 Å². The van der Waals surface area contributed by atoms with Crippen LogP contribution in [0.2, 0.25) is 0 Å². The van der Waals surface area contributed by atoms with E-state index in [1.165, 1.54) is 31.5 Å². The van der Waals surface area contributed by atoms with Crippen LogP contribution < -0.4 is 4.74 Å². The molecule has 6 nitrogen and oxygen atoms in total. The molecule has 1 aromatic heterocycles. The standard InChI is InChI=1S/C26H34FNO5/c1-7-18(8-2)23(20-10-9-19(27)13-15(20)3)17(5)33-26(31)16(4)14-21(29)24-25(30)22(32-6)11-12-28-24/h9-13,16-18,23,30H,7-8,14H2,1-6H3/t16-,17+,23-/m1/s1. The van der Waals surface area contributed by atoms with E-state index in [0.717, 1.165) is 24.0 Å². The minimum absolute atomic E-state index is 0.100. The summed E-state index contributed by atoms with van der Waals surface area (Å²) >= 11 is 0. The predicted octanol–water partition coefficient (Wildman–Crippen LogP) is 5.60. The molecular formula is C26H34FNO5. The van der Waals surface area contributed by atoms with Gasteiger partial charge in [0.05, 0.1) is 13.0 Å². The van der Waals surface area contributed by atoms with Crippen molar-refractivity contribution in [1.82, 2.24) is 4.98 Å². The molecule has 1 aromatic carbocycles. The number of pyridine rings is 1. The molecule has 2 aromatic rings. The maximum Gasteiger partial charge on any atom is 0.309 e. The molecule has 3 atom stereocenters. The normalized spacial score (nSPS) is 13.9. The number of esters is 1. The van der Waals surface area contributed by atoms with E-state index in [1.54, 1.807) is 13.0 Å². The molecule has 180 valence electrons. The molecule has 0 aliphatic heterocycles. The van der Waals surface area contributed by atoms with Crippen molar-refractivity contribution in [3.8, 4) is 11.5 Å². The summed E-state index contributed by atoms with van der Waals surface area (Å²) < 4.78 is 24.5. The maximum absolute atomic E-state index is 13.7. The first-order valence-corrected chi connectivity index (χ1v) is 11.4. The number of ketones is 1. The Balaban J connectivity index is 2.17. The molecule has 0 saturated heterocycles. The number of carbonyl (C=O) groups excluding carboxylic acids is 2. The average molecular weight is 460 g/mol. The number of carbonyl (C=O) groups is 2. The van der Waals surface area contributed by atoms with Crippen molar-refractivity contribution in [2.24, 2.45) is 11.8 Å². The summed E-state index contributed by atoms with van der Waals surface area (Å²) in [6.07, 6.45) is 2.50. The molecule has 0 fully saturated rings. The highest BCUT2D eigenvalue weighted by atomic mass is 19.1. The lowest BCUT2D eigenvalue weighted by atomic mass is 9.78. The Bertz CT molecular complexity index is 973. The average Bonchev–Trinajstić information content (AvgIpc) is 2.77. The number of halogens is 1. The second-order valence-corrected chi connectivity index (χ2v) is 8.48. The molecule has 1 N–H and O–H groups in total. The second kappa shape index (κ2) is 11.8. The molecule has 0 bridgehead atoms. The summed E-state index contributed by atoms with van der Waals surface area (Å²) in [6.45, 7) is 9.48. The Kier molecular flexibility index (Phi) is 9.38. The van der Waals surface area contributed by atoms with Crippen LogP contribution >= 0.6 is 0 Å². The van der Waals surface area contributed by atoms with Crippen molar-refractivity contribution < 1.29 is 28.6 Å². The van der Waals surface area contributed by atoms with Gasteiger partial charge in [-0.2, -0.15) is 0 Å². The zero-order valence-electron chi connectivity index (χ0n) is 20.2. The molecular weight excluding hydrogens is 425 g/mol. The molecule has 0 aliphatic carbocycles. The summed E-state index contributed by atoms with van der Waals surface area (Å²) in [6, 6.07) is 6.14. The van der Waals surface area contributed by atoms with Crippen LogP contribution in [0, 0.1) is 24.6 Å². The summed E-state index contributed by atoms with van der Waals surface area (Å²) in [4.78, 5) is 29.4. The molecule has 7 heteroatoms. The lowest BCUT2D eigenvalue weighted by Crippen LogP contribution is -2.31. The Hall–Kier alpha value is -2.96. The first-order chi connectivity index (χ1) is 15.6. The van der Waals surface area contributed by atoms with Crippen LogP contribution in [0.3, 0.4) is 0 Å². The number of aromatic nitrogens is 1. The third kappa shape index (κ3) is 6.30. The van der Waals surface area contributed by atoms with E-state index in [0.29, 0.717) is 0 Å². The van der Waals surface area contributed by atoms with Crippen molar-refractivity contribution in [3.05, 3.63) is 53.1 Å². The van der Waals surface area contributed by atoms with Gasteiger partial charge in [-0.1, -0.05) is 39.7 Å². The SMILES string of the molecule is CCC(CC)[C@H](c1ccc(F)cc1C)[C@H](C)OC(=O)[C@H](C)CC(=O)c1nccc(OC)c1O. The molecule has 0 saturated carbocycles. The Morgan fingerprint density at radius 3 is 2.39 bits per heavy atom. The highest BCUT2D eigenvalue weighted by Gasteiger charge is 2.32. The number of hydrogen-bond donors (Lipinski definition) is 1. The van der Waals surface area contributed by atoms with Gasteiger partial charge in [0.1, 0.15) is 11.9 Å². The van der Waals surface area contributed by atoms with Gasteiger partial charge in [0, 0.05) is 24.6 Å². The van der Waals surface area contributed by atoms with Gasteiger partial charge in [0.25, 0.3) is 0 Å². The summed E-state index contributed by atoms with van der Waals surface area (Å²) in [5.74, 6) is -2.08. The smallest absolute Gasteiger partial charge is 0.309 e. The fourth-order valence-corrected chi connectivity index (χ4v) is 4.34. The van der Waals surface area contributed by atoms with E-state index in [-0.39, 0.29) is 41.3 Å². The van der Waals surface area contributed by atoms with Crippen molar-refractivity contribution in [1.29, 1.82) is 0 Å². The zero-order valence-corrected chi connectivity index (χ0v) is 20.2. The van der Waals surface area contributed by atoms with Crippen LogP contribution in [-0.4, -0.2) is 35.1 Å². The lowest BCUT2D eigenvalue weighted by molar-refractivity contribution is -0.154. The summed E-state index contributed by atoms with van der Waals surface area (Å²) in [5, 5.41) is 10.2. The summed E-state index contributed by atoms with van der Waals surface area (Å²) in [7, 11) is 1.38. The van der Waals surface area contributed by atoms with Crippen LogP contribution in [0.5, 0.6) is 11.5 Å². The van der Waals surface area contributed by atoms with Gasteiger partial charge < -0.3 is 14.6 Å². The first kappa shape index (κ1) is 26.3. The van der Waals surface area contributed by atoms with Crippen molar-refractivity contribution in [2.75, 3.05) is 7.11 Å². The monoisotopic (exact) mass is 459 g/mol. The number of hydrogen-bond acceptors (Lipinski definition) is 6. The van der Waals surface area contributed by atoms with Gasteiger partial charge in [-0.05, 0) is 43.0 Å². The number of ether oxygens (including phenoxy) is 2. The van der Waals surface area contributed by atoms with Crippen LogP contribution in [0.1, 0.15) is 74.5 Å². The van der Waals surface area contributed by atoms with Crippen LogP contribution in [0.25, 0.3) is 0 Å². The zero-order chi connectivity index (χ0) is 24.7. The van der Waals surface area contributed by atoms with Crippen LogP contribution in [0.15, 0.2) is 30.5 Å². The van der Waals surface area contributed by atoms with Gasteiger partial charge in [0.15, 0.2) is 23.0 Å². The second-order valence-electron chi connectivity index (χ2n) is 8.48. The fourth-order valence-electron chi connectivity index (χ4n) is 4.34. The molecule has 0 unspecified atom stereocenters. The van der Waals surface area contributed by atoms with Gasteiger partial charge in [-0.25, -0.2) is 9.37 Å². The van der Waals surface area contributed by atoms with Gasteiger partial charge >= 0.3 is 5.97 Å². The molecule has 0 amide bonds. The topological polar surface area (TPSA) is 85.7 Å². The van der Waals surface area contributed by atoms with E-state index >= 15 is 0 Å². The highest BCUT2D eigenvalue weighted by Crippen LogP contribution is 2.36. The van der Waals surface area contributed by atoms with E-state index in [4.69, 9.17) is 9.47 Å². The number of rotatable bonds is 11. The van der Waals surface area contributed by atoms with Crippen LogP contribution in [-0.2, 0) is 9.53 Å². The molecule has 1 heterocycles.